The van der Waals surface area contributed by atoms with Crippen molar-refractivity contribution in [2.45, 2.75) is 31.7 Å². The first-order valence-electron chi connectivity index (χ1n) is 7.16. The zero-order chi connectivity index (χ0) is 14.5. The van der Waals surface area contributed by atoms with Gasteiger partial charge in [-0.25, -0.2) is 4.98 Å². The zero-order valence-electron chi connectivity index (χ0n) is 12.2. The highest BCUT2D eigenvalue weighted by Gasteiger charge is 2.27. The number of nitrogens with zero attached hydrogens (tertiary/aromatic N) is 3. The van der Waals surface area contributed by atoms with E-state index in [-0.39, 0.29) is 5.91 Å². The minimum Gasteiger partial charge on any atom is -0.333 e. The number of likely N-dealkylation sites (N-methyl/N-ethyl adjacent to an activating group) is 1. The van der Waals surface area contributed by atoms with Gasteiger partial charge in [0.15, 0.2) is 0 Å². The summed E-state index contributed by atoms with van der Waals surface area (Å²) in [7, 11) is 4.05. The predicted molar refractivity (Wildman–Crippen MR) is 81.1 cm³/mol. The van der Waals surface area contributed by atoms with Crippen LogP contribution in [-0.2, 0) is 0 Å². The van der Waals surface area contributed by atoms with Crippen molar-refractivity contribution >= 4 is 17.5 Å². The first-order valence-corrected chi connectivity index (χ1v) is 7.54. The van der Waals surface area contributed by atoms with Crippen molar-refractivity contribution in [1.29, 1.82) is 0 Å². The standard InChI is InChI=1S/C15H22ClN3O/c1-18(2)10-11-19(12-6-3-4-7-12)15(20)13-8-5-9-14(16)17-13/h5,8-9,12H,3-4,6-7,10-11H2,1-2H3. The largest absolute Gasteiger partial charge is 0.333 e. The van der Waals surface area contributed by atoms with Crippen LogP contribution in [0, 0.1) is 0 Å². The second-order valence-electron chi connectivity index (χ2n) is 5.59. The van der Waals surface area contributed by atoms with Gasteiger partial charge in [0, 0.05) is 19.1 Å². The van der Waals surface area contributed by atoms with E-state index in [0.29, 0.717) is 16.9 Å². The number of rotatable bonds is 5. The van der Waals surface area contributed by atoms with Crippen molar-refractivity contribution in [3.05, 3.63) is 29.0 Å². The smallest absolute Gasteiger partial charge is 0.272 e. The quantitative estimate of drug-likeness (QED) is 0.784. The molecule has 1 aliphatic rings. The molecule has 1 heterocycles. The SMILES string of the molecule is CN(C)CCN(C(=O)c1cccc(Cl)n1)C1CCCC1. The van der Waals surface area contributed by atoms with Crippen molar-refractivity contribution in [2.75, 3.05) is 27.2 Å². The van der Waals surface area contributed by atoms with Gasteiger partial charge in [-0.2, -0.15) is 0 Å². The lowest BCUT2D eigenvalue weighted by Gasteiger charge is -2.30. The fraction of sp³-hybridized carbons (Fsp3) is 0.600. The minimum atomic E-state index is 0.00116. The second kappa shape index (κ2) is 7.04. The highest BCUT2D eigenvalue weighted by Crippen LogP contribution is 2.24. The van der Waals surface area contributed by atoms with E-state index in [9.17, 15) is 4.79 Å². The molecule has 1 aromatic rings. The summed E-state index contributed by atoms with van der Waals surface area (Å²) in [5.41, 5.74) is 0.447. The summed E-state index contributed by atoms with van der Waals surface area (Å²) >= 11 is 5.89. The summed E-state index contributed by atoms with van der Waals surface area (Å²) in [6.07, 6.45) is 4.61. The van der Waals surface area contributed by atoms with Gasteiger partial charge in [0.25, 0.3) is 5.91 Å². The maximum Gasteiger partial charge on any atom is 0.272 e. The number of pyridine rings is 1. The third-order valence-electron chi connectivity index (χ3n) is 3.75. The Morgan fingerprint density at radius 2 is 2.00 bits per heavy atom. The third kappa shape index (κ3) is 3.93. The normalized spacial score (nSPS) is 15.8. The van der Waals surface area contributed by atoms with Crippen LogP contribution < -0.4 is 0 Å². The van der Waals surface area contributed by atoms with Crippen molar-refractivity contribution in [1.82, 2.24) is 14.8 Å². The third-order valence-corrected chi connectivity index (χ3v) is 3.96. The molecule has 0 aromatic carbocycles. The van der Waals surface area contributed by atoms with E-state index in [4.69, 9.17) is 11.6 Å². The van der Waals surface area contributed by atoms with Gasteiger partial charge in [-0.3, -0.25) is 4.79 Å². The van der Waals surface area contributed by atoms with Gasteiger partial charge in [0.2, 0.25) is 0 Å². The minimum absolute atomic E-state index is 0.00116. The Bertz CT molecular complexity index is 458. The van der Waals surface area contributed by atoms with Gasteiger partial charge in [-0.15, -0.1) is 0 Å². The number of aromatic nitrogens is 1. The van der Waals surface area contributed by atoms with Gasteiger partial charge >= 0.3 is 0 Å². The molecule has 0 spiro atoms. The Hall–Kier alpha value is -1.13. The molecule has 110 valence electrons. The van der Waals surface area contributed by atoms with E-state index in [1.165, 1.54) is 12.8 Å². The average Bonchev–Trinajstić information content (AvgIpc) is 2.92. The van der Waals surface area contributed by atoms with E-state index in [2.05, 4.69) is 9.88 Å². The average molecular weight is 296 g/mol. The molecule has 0 saturated heterocycles. The van der Waals surface area contributed by atoms with Crippen LogP contribution in [0.2, 0.25) is 5.15 Å². The summed E-state index contributed by atoms with van der Waals surface area (Å²) in [5, 5.41) is 0.370. The summed E-state index contributed by atoms with van der Waals surface area (Å²) in [5.74, 6) is 0.00116. The van der Waals surface area contributed by atoms with Gasteiger partial charge in [0.1, 0.15) is 10.8 Å². The highest BCUT2D eigenvalue weighted by molar-refractivity contribution is 6.29. The molecule has 4 nitrogen and oxygen atoms in total. The van der Waals surface area contributed by atoms with E-state index in [0.717, 1.165) is 25.9 Å². The molecule has 0 atom stereocenters. The first kappa shape index (κ1) is 15.3. The Morgan fingerprint density at radius 1 is 1.30 bits per heavy atom. The van der Waals surface area contributed by atoms with Gasteiger partial charge in [-0.1, -0.05) is 30.5 Å². The molecule has 0 aliphatic heterocycles. The van der Waals surface area contributed by atoms with Crippen LogP contribution in [0.25, 0.3) is 0 Å². The Balaban J connectivity index is 2.14. The van der Waals surface area contributed by atoms with Crippen molar-refractivity contribution in [3.63, 3.8) is 0 Å². The molecule has 1 fully saturated rings. The van der Waals surface area contributed by atoms with Crippen molar-refractivity contribution < 1.29 is 4.79 Å². The number of amides is 1. The number of halogens is 1. The number of hydrogen-bond donors (Lipinski definition) is 0. The molecule has 0 bridgehead atoms. The second-order valence-corrected chi connectivity index (χ2v) is 5.97. The Morgan fingerprint density at radius 3 is 2.60 bits per heavy atom. The van der Waals surface area contributed by atoms with Crippen LogP contribution in [0.5, 0.6) is 0 Å². The van der Waals surface area contributed by atoms with Crippen LogP contribution in [0.15, 0.2) is 18.2 Å². The summed E-state index contributed by atoms with van der Waals surface area (Å²) < 4.78 is 0. The van der Waals surface area contributed by atoms with Crippen LogP contribution >= 0.6 is 11.6 Å². The van der Waals surface area contributed by atoms with Crippen molar-refractivity contribution in [3.8, 4) is 0 Å². The first-order chi connectivity index (χ1) is 9.58. The topological polar surface area (TPSA) is 36.4 Å². The molecule has 5 heteroatoms. The predicted octanol–water partition coefficient (Wildman–Crippen LogP) is 2.68. The molecule has 1 saturated carbocycles. The molecule has 0 radical (unpaired) electrons. The lowest BCUT2D eigenvalue weighted by atomic mass is 10.2. The van der Waals surface area contributed by atoms with Crippen LogP contribution in [0.3, 0.4) is 0 Å². The maximum atomic E-state index is 12.7. The molecule has 1 aromatic heterocycles. The molecule has 1 aliphatic carbocycles. The summed E-state index contributed by atoms with van der Waals surface area (Å²) in [6, 6.07) is 5.56. The van der Waals surface area contributed by atoms with Gasteiger partial charge in [0.05, 0.1) is 0 Å². The van der Waals surface area contributed by atoms with E-state index < -0.39 is 0 Å². The van der Waals surface area contributed by atoms with Gasteiger partial charge < -0.3 is 9.80 Å². The molecular formula is C15H22ClN3O. The molecule has 2 rings (SSSR count). The summed E-state index contributed by atoms with van der Waals surface area (Å²) in [6.45, 7) is 1.60. The lowest BCUT2D eigenvalue weighted by Crippen LogP contribution is -2.43. The number of hydrogen-bond acceptors (Lipinski definition) is 3. The molecule has 0 unspecified atom stereocenters. The van der Waals surface area contributed by atoms with E-state index in [1.54, 1.807) is 18.2 Å². The van der Waals surface area contributed by atoms with Crippen LogP contribution in [0.1, 0.15) is 36.2 Å². The van der Waals surface area contributed by atoms with E-state index >= 15 is 0 Å². The fourth-order valence-corrected chi connectivity index (χ4v) is 2.81. The van der Waals surface area contributed by atoms with E-state index in [1.807, 2.05) is 19.0 Å². The Kier molecular flexibility index (Phi) is 5.38. The van der Waals surface area contributed by atoms with Crippen molar-refractivity contribution in [2.24, 2.45) is 0 Å². The van der Waals surface area contributed by atoms with Crippen LogP contribution in [-0.4, -0.2) is 53.9 Å². The Labute approximate surface area is 125 Å². The highest BCUT2D eigenvalue weighted by atomic mass is 35.5. The molecule has 20 heavy (non-hydrogen) atoms. The zero-order valence-corrected chi connectivity index (χ0v) is 12.9. The number of carbonyl (C=O) groups excluding carboxylic acids is 1. The lowest BCUT2D eigenvalue weighted by molar-refractivity contribution is 0.0661. The molecule has 1 amide bonds. The monoisotopic (exact) mass is 295 g/mol. The molecular weight excluding hydrogens is 274 g/mol. The summed E-state index contributed by atoms with van der Waals surface area (Å²) in [4.78, 5) is 20.9. The van der Waals surface area contributed by atoms with Crippen LogP contribution in [0.4, 0.5) is 0 Å². The van der Waals surface area contributed by atoms with Gasteiger partial charge in [-0.05, 0) is 39.1 Å². The number of carbonyl (C=O) groups is 1. The maximum absolute atomic E-state index is 12.7. The fourth-order valence-electron chi connectivity index (χ4n) is 2.65. The molecule has 0 N–H and O–H groups in total.